The van der Waals surface area contributed by atoms with Crippen LogP contribution in [0.1, 0.15) is 155 Å². The number of hydrogen-bond acceptors (Lipinski definition) is 6. The van der Waals surface area contributed by atoms with Crippen molar-refractivity contribution >= 4 is 13.7 Å². The van der Waals surface area contributed by atoms with Gasteiger partial charge in [0.25, 0.3) is 7.82 Å². The molecule has 0 aliphatic rings. The van der Waals surface area contributed by atoms with Gasteiger partial charge in [0, 0.05) is 6.42 Å². The number of aliphatic hydroxyl groups is 1. The first-order valence-corrected chi connectivity index (χ1v) is 23.4. The third-order valence-electron chi connectivity index (χ3n) is 9.11. The second-order valence-electron chi connectivity index (χ2n) is 15.7. The Balaban J connectivity index is 4.04. The molecule has 9 heteroatoms. The van der Waals surface area contributed by atoms with Crippen molar-refractivity contribution in [2.75, 3.05) is 40.9 Å². The smallest absolute Gasteiger partial charge is 0.268 e. The van der Waals surface area contributed by atoms with Crippen LogP contribution in [0, 0.1) is 0 Å². The number of hydrogen-bond donors (Lipinski definition) is 2. The number of phosphoric acid groups is 1. The summed E-state index contributed by atoms with van der Waals surface area (Å²) in [7, 11) is 1.24. The van der Waals surface area contributed by atoms with Gasteiger partial charge in [-0.15, -0.1) is 0 Å². The quantitative estimate of drug-likeness (QED) is 0.0279. The largest absolute Gasteiger partial charge is 0.756 e. The maximum Gasteiger partial charge on any atom is 0.268 e. The standard InChI is InChI=1S/C47H83N2O6P/c1-6-8-10-12-13-14-15-16-17-18-19-20-21-22-23-24-25-26-27-28-29-30-31-32-33-34-35-37-39-41-47(51)48-45(46(50)40-38-36-11-9-7-2)44-55-56(52,53)54-43-42-49(3,4)5/h8,10,13-14,16-17,19-20,22-23,25-26,38,40,45-46,50H,6-7,9,11-12,15,18,21,24,27-37,39,41-44H2,1-5H3,(H-,48,51,52,53)/b10-8-,14-13-,17-16-,20-19-,23-22-,26-25-,40-38+. The van der Waals surface area contributed by atoms with Gasteiger partial charge >= 0.3 is 0 Å². The summed E-state index contributed by atoms with van der Waals surface area (Å²) < 4.78 is 23.0. The molecule has 322 valence electrons. The number of nitrogens with zero attached hydrogens (tertiary/aromatic N) is 1. The molecule has 0 spiro atoms. The molecular formula is C47H83N2O6P. The normalized spacial score (nSPS) is 15.2. The minimum Gasteiger partial charge on any atom is -0.756 e. The summed E-state index contributed by atoms with van der Waals surface area (Å²) in [4.78, 5) is 25.1. The third kappa shape index (κ3) is 39.9. The number of carbonyl (C=O) groups excluding carboxylic acids is 1. The SMILES string of the molecule is CC/C=C\C/C=C\C/C=C\C/C=C\C/C=C\C/C=C\CCCCCCCCCCCCC(=O)NC(COP(=O)([O-])OCC[N+](C)(C)C)C(O)/C=C/CCCCC. The second kappa shape index (κ2) is 38.2. The summed E-state index contributed by atoms with van der Waals surface area (Å²) in [5, 5.41) is 13.5. The van der Waals surface area contributed by atoms with Crippen LogP contribution in [0.15, 0.2) is 85.1 Å². The van der Waals surface area contributed by atoms with Crippen LogP contribution in [0.5, 0.6) is 0 Å². The summed E-state index contributed by atoms with van der Waals surface area (Å²) >= 11 is 0. The maximum atomic E-state index is 12.7. The minimum absolute atomic E-state index is 0.00703. The Bertz CT molecular complexity index is 1180. The van der Waals surface area contributed by atoms with Gasteiger partial charge in [-0.1, -0.05) is 163 Å². The molecule has 56 heavy (non-hydrogen) atoms. The lowest BCUT2D eigenvalue weighted by molar-refractivity contribution is -0.870. The van der Waals surface area contributed by atoms with Gasteiger partial charge < -0.3 is 28.8 Å². The number of unbranched alkanes of at least 4 members (excludes halogenated alkanes) is 13. The van der Waals surface area contributed by atoms with Crippen molar-refractivity contribution in [3.63, 3.8) is 0 Å². The Kier molecular flexibility index (Phi) is 36.6. The van der Waals surface area contributed by atoms with E-state index in [0.29, 0.717) is 17.4 Å². The minimum atomic E-state index is -4.58. The van der Waals surface area contributed by atoms with Crippen LogP contribution in [0.3, 0.4) is 0 Å². The van der Waals surface area contributed by atoms with E-state index < -0.39 is 20.0 Å². The molecule has 0 bridgehead atoms. The Morgan fingerprint density at radius 2 is 1.09 bits per heavy atom. The molecule has 1 amide bonds. The van der Waals surface area contributed by atoms with Gasteiger partial charge in [-0.2, -0.15) is 0 Å². The molecule has 0 fully saturated rings. The molecule has 2 N–H and O–H groups in total. The first-order chi connectivity index (χ1) is 27.0. The van der Waals surface area contributed by atoms with Crippen LogP contribution in [-0.4, -0.2) is 68.5 Å². The number of nitrogens with one attached hydrogen (secondary N) is 1. The number of phosphoric ester groups is 1. The van der Waals surface area contributed by atoms with Crippen LogP contribution in [0.25, 0.3) is 0 Å². The molecule has 0 aliphatic heterocycles. The van der Waals surface area contributed by atoms with Crippen molar-refractivity contribution in [3.8, 4) is 0 Å². The molecule has 0 saturated carbocycles. The second-order valence-corrected chi connectivity index (χ2v) is 17.1. The summed E-state index contributed by atoms with van der Waals surface area (Å²) in [5.41, 5.74) is 0. The van der Waals surface area contributed by atoms with Gasteiger partial charge in [0.2, 0.25) is 5.91 Å². The molecule has 0 saturated heterocycles. The number of quaternary nitrogens is 1. The van der Waals surface area contributed by atoms with E-state index in [1.165, 1.54) is 44.9 Å². The fourth-order valence-electron chi connectivity index (χ4n) is 5.62. The van der Waals surface area contributed by atoms with Crippen LogP contribution in [0.4, 0.5) is 0 Å². The van der Waals surface area contributed by atoms with Crippen molar-refractivity contribution < 1.29 is 32.9 Å². The highest BCUT2D eigenvalue weighted by Gasteiger charge is 2.23. The van der Waals surface area contributed by atoms with E-state index in [4.69, 9.17) is 9.05 Å². The van der Waals surface area contributed by atoms with E-state index in [1.54, 1.807) is 6.08 Å². The van der Waals surface area contributed by atoms with Crippen LogP contribution in [-0.2, 0) is 18.4 Å². The number of rotatable bonds is 38. The number of allylic oxidation sites excluding steroid dienone is 13. The summed E-state index contributed by atoms with van der Waals surface area (Å²) in [5.74, 6) is -0.215. The zero-order valence-corrected chi connectivity index (χ0v) is 37.2. The van der Waals surface area contributed by atoms with Crippen LogP contribution < -0.4 is 10.2 Å². The molecule has 0 aliphatic carbocycles. The molecule has 8 nitrogen and oxygen atoms in total. The number of carbonyl (C=O) groups is 1. The van der Waals surface area contributed by atoms with E-state index in [-0.39, 0.29) is 19.1 Å². The Hall–Kier alpha value is -2.32. The van der Waals surface area contributed by atoms with Gasteiger partial charge in [0.1, 0.15) is 13.2 Å². The van der Waals surface area contributed by atoms with Crippen molar-refractivity contribution in [1.82, 2.24) is 5.32 Å². The highest BCUT2D eigenvalue weighted by Crippen LogP contribution is 2.38. The van der Waals surface area contributed by atoms with Gasteiger partial charge in [-0.3, -0.25) is 9.36 Å². The maximum absolute atomic E-state index is 12.7. The predicted octanol–water partition coefficient (Wildman–Crippen LogP) is 11.6. The van der Waals surface area contributed by atoms with Gasteiger partial charge in [0.15, 0.2) is 0 Å². The molecule has 0 radical (unpaired) electrons. The molecule has 0 aromatic rings. The van der Waals surface area contributed by atoms with Crippen molar-refractivity contribution in [3.05, 3.63) is 85.1 Å². The molecule has 0 aromatic carbocycles. The van der Waals surface area contributed by atoms with E-state index in [1.807, 2.05) is 27.2 Å². The van der Waals surface area contributed by atoms with E-state index in [9.17, 15) is 19.4 Å². The molecule has 3 atom stereocenters. The first-order valence-electron chi connectivity index (χ1n) is 21.9. The lowest BCUT2D eigenvalue weighted by atomic mass is 10.0. The topological polar surface area (TPSA) is 108 Å². The van der Waals surface area contributed by atoms with E-state index in [2.05, 4.69) is 92.1 Å². The number of amides is 1. The van der Waals surface area contributed by atoms with Crippen molar-refractivity contribution in [2.24, 2.45) is 0 Å². The van der Waals surface area contributed by atoms with Gasteiger partial charge in [0.05, 0.1) is 39.9 Å². The summed E-state index contributed by atoms with van der Waals surface area (Å²) in [6, 6.07) is -0.889. The molecule has 0 rings (SSSR count). The summed E-state index contributed by atoms with van der Waals surface area (Å²) in [6.07, 6.45) is 52.5. The lowest BCUT2D eigenvalue weighted by Crippen LogP contribution is -2.45. The average Bonchev–Trinajstić information content (AvgIpc) is 3.15. The van der Waals surface area contributed by atoms with Gasteiger partial charge in [-0.05, 0) is 70.6 Å². The van der Waals surface area contributed by atoms with E-state index >= 15 is 0 Å². The zero-order valence-electron chi connectivity index (χ0n) is 36.3. The van der Waals surface area contributed by atoms with Gasteiger partial charge in [-0.25, -0.2) is 0 Å². The number of aliphatic hydroxyl groups excluding tert-OH is 1. The number of likely N-dealkylation sites (N-methyl/N-ethyl adjacent to an activating group) is 1. The molecule has 3 unspecified atom stereocenters. The zero-order chi connectivity index (χ0) is 41.4. The Labute approximate surface area is 344 Å². The average molecular weight is 803 g/mol. The van der Waals surface area contributed by atoms with Crippen molar-refractivity contribution in [1.29, 1.82) is 0 Å². The highest BCUT2D eigenvalue weighted by molar-refractivity contribution is 7.45. The van der Waals surface area contributed by atoms with E-state index in [0.717, 1.165) is 89.9 Å². The predicted molar refractivity (Wildman–Crippen MR) is 237 cm³/mol. The Morgan fingerprint density at radius 3 is 1.59 bits per heavy atom. The van der Waals surface area contributed by atoms with Crippen molar-refractivity contribution in [2.45, 2.75) is 167 Å². The summed E-state index contributed by atoms with van der Waals surface area (Å²) in [6.45, 7) is 4.38. The third-order valence-corrected chi connectivity index (χ3v) is 10.1. The molecule has 0 aromatic heterocycles. The van der Waals surface area contributed by atoms with Crippen LogP contribution >= 0.6 is 7.82 Å². The Morgan fingerprint density at radius 1 is 0.643 bits per heavy atom. The monoisotopic (exact) mass is 803 g/mol. The fraction of sp³-hybridized carbons (Fsp3) is 0.681. The lowest BCUT2D eigenvalue weighted by Gasteiger charge is -2.29. The molecule has 0 heterocycles. The highest BCUT2D eigenvalue weighted by atomic mass is 31.2. The molecular weight excluding hydrogens is 719 g/mol. The fourth-order valence-corrected chi connectivity index (χ4v) is 6.35. The first kappa shape index (κ1) is 53.7. The van der Waals surface area contributed by atoms with Crippen LogP contribution in [0.2, 0.25) is 0 Å².